The van der Waals surface area contributed by atoms with E-state index in [4.69, 9.17) is 19.5 Å². The number of fused-ring (bicyclic) bond motifs is 6. The molecule has 1 radical (unpaired) electrons. The van der Waals surface area contributed by atoms with Gasteiger partial charge in [0.2, 0.25) is 0 Å². The molecule has 0 unspecified atom stereocenters. The number of carboxylic acid groups (broad SMARTS) is 1. The van der Waals surface area contributed by atoms with Crippen LogP contribution >= 0.6 is 0 Å². The first-order valence-electron chi connectivity index (χ1n) is 21.7. The molecule has 6 aromatic carbocycles. The maximum Gasteiger partial charge on any atom is 0.292 e. The van der Waals surface area contributed by atoms with Crippen molar-refractivity contribution in [2.24, 2.45) is 0 Å². The topological polar surface area (TPSA) is 94.0 Å². The van der Waals surface area contributed by atoms with E-state index in [1.807, 2.05) is 12.1 Å². The van der Waals surface area contributed by atoms with Crippen LogP contribution in [0.15, 0.2) is 120 Å². The van der Waals surface area contributed by atoms with Gasteiger partial charge in [-0.25, -0.2) is 0 Å². The summed E-state index contributed by atoms with van der Waals surface area (Å²) in [6.45, 7) is 19.4. The molecule has 0 aliphatic heterocycles. The van der Waals surface area contributed by atoms with Crippen LogP contribution in [0.1, 0.15) is 98.7 Å². The van der Waals surface area contributed by atoms with E-state index in [2.05, 4.69) is 163 Å². The summed E-state index contributed by atoms with van der Waals surface area (Å²) in [4.78, 5) is 25.1. The molecule has 0 aliphatic rings. The van der Waals surface area contributed by atoms with E-state index >= 15 is 0 Å². The summed E-state index contributed by atoms with van der Waals surface area (Å²) in [7, 11) is 0. The molecular weight excluding hydrogens is 988 g/mol. The standard InChI is InChI=1S/C40H34N3O.C16H15FNO2.Ir/c1-22(2)30-13-9-14-31(23(3)4)38(30)43-35-17-24(5)41-25(6)37(35)42-40(43)33-16-10-15-32-34-20-28-18-26-11-7-8-12-27(26)19-29(28)21-36(34)44-39(32)33;1-16(2,3)11-5-7-14(18-9-11)12-6-4-10(15(19)20)8-13(12)17;/h7-15,17-23H,1-6H3;4-5,7-9H,1-3H3,(H,19,20);/q2*-1;. The summed E-state index contributed by atoms with van der Waals surface area (Å²) in [6, 6.07) is 42.5. The van der Waals surface area contributed by atoms with Crippen molar-refractivity contribution in [3.8, 4) is 28.3 Å². The van der Waals surface area contributed by atoms with Gasteiger partial charge in [0.15, 0.2) is 0 Å². The zero-order valence-electron chi connectivity index (χ0n) is 37.9. The fraction of sp³-hybridized carbons (Fsp3) is 0.214. The number of carboxylic acids is 1. The maximum atomic E-state index is 13.9. The molecule has 1 N–H and O–H groups in total. The SMILES string of the molecule is CC(C)(C)c1ccc(-c2[c-]cc(C(=O)O)cc2F)nc1.Cc1cc2c(nc(-c3[c-]ccc4c3oc3cc5cc6ccccc6cc5cc34)n2-c2c(C(C)C)cccc2C(C)C)c(C)n1.[Ir]. The third kappa shape index (κ3) is 8.35. The summed E-state index contributed by atoms with van der Waals surface area (Å²) in [5.74, 6) is -0.340. The third-order valence-electron chi connectivity index (χ3n) is 12.0. The molecule has 9 heteroatoms. The number of para-hydroxylation sites is 1. The van der Waals surface area contributed by atoms with E-state index in [0.717, 1.165) is 72.8 Å². The Hall–Kier alpha value is -6.54. The molecule has 0 spiro atoms. The average Bonchev–Trinajstić information content (AvgIpc) is 3.82. The molecule has 0 saturated heterocycles. The van der Waals surface area contributed by atoms with Gasteiger partial charge in [-0.1, -0.05) is 126 Å². The Bertz CT molecular complexity index is 3430. The van der Waals surface area contributed by atoms with Crippen LogP contribution in [-0.2, 0) is 25.5 Å². The molecule has 4 heterocycles. The monoisotopic (exact) mass is 1040 g/mol. The number of hydrogen-bond donors (Lipinski definition) is 1. The number of nitrogens with zero attached hydrogens (tertiary/aromatic N) is 4. The normalized spacial score (nSPS) is 11.8. The Kier molecular flexibility index (Phi) is 12.1. The number of pyridine rings is 2. The van der Waals surface area contributed by atoms with E-state index in [9.17, 15) is 9.18 Å². The number of aromatic nitrogens is 4. The second-order valence-corrected chi connectivity index (χ2v) is 18.3. The van der Waals surface area contributed by atoms with E-state index in [1.165, 1.54) is 39.0 Å². The van der Waals surface area contributed by atoms with Gasteiger partial charge in [-0.15, -0.1) is 30.3 Å². The van der Waals surface area contributed by atoms with Crippen LogP contribution in [0.3, 0.4) is 0 Å². The van der Waals surface area contributed by atoms with Gasteiger partial charge in [-0.3, -0.25) is 19.2 Å². The number of furan rings is 1. The Balaban J connectivity index is 0.000000232. The van der Waals surface area contributed by atoms with Gasteiger partial charge >= 0.3 is 0 Å². The van der Waals surface area contributed by atoms with Crippen molar-refractivity contribution in [2.45, 2.75) is 79.6 Å². The Morgan fingerprint density at radius 1 is 0.769 bits per heavy atom. The summed E-state index contributed by atoms with van der Waals surface area (Å²) in [5, 5.41) is 15.8. The number of aryl methyl sites for hydroxylation is 2. The molecule has 329 valence electrons. The molecule has 0 fully saturated rings. The van der Waals surface area contributed by atoms with Crippen LogP contribution in [-0.4, -0.2) is 30.6 Å². The third-order valence-corrected chi connectivity index (χ3v) is 12.0. The van der Waals surface area contributed by atoms with Gasteiger partial charge in [0, 0.05) is 48.9 Å². The molecular formula is C56H49FIrN4O3-2. The van der Waals surface area contributed by atoms with Crippen molar-refractivity contribution in [3.63, 3.8) is 0 Å². The number of imidazole rings is 1. The molecule has 0 saturated carbocycles. The van der Waals surface area contributed by atoms with Crippen LogP contribution in [0, 0.1) is 31.8 Å². The van der Waals surface area contributed by atoms with E-state index < -0.39 is 11.8 Å². The quantitative estimate of drug-likeness (QED) is 0.132. The Morgan fingerprint density at radius 2 is 1.45 bits per heavy atom. The van der Waals surface area contributed by atoms with Crippen LogP contribution in [0.2, 0.25) is 0 Å². The zero-order chi connectivity index (χ0) is 45.2. The van der Waals surface area contributed by atoms with Crippen LogP contribution in [0.4, 0.5) is 4.39 Å². The minimum absolute atomic E-state index is 0. The van der Waals surface area contributed by atoms with Gasteiger partial charge in [-0.2, -0.15) is 0 Å². The minimum Gasteiger partial charge on any atom is -0.501 e. The molecule has 0 amide bonds. The Morgan fingerprint density at radius 3 is 2.05 bits per heavy atom. The van der Waals surface area contributed by atoms with Crippen molar-refractivity contribution in [3.05, 3.63) is 167 Å². The summed E-state index contributed by atoms with van der Waals surface area (Å²) in [6.07, 6.45) is 1.70. The maximum absolute atomic E-state index is 13.9. The van der Waals surface area contributed by atoms with E-state index in [1.54, 1.807) is 12.3 Å². The predicted molar refractivity (Wildman–Crippen MR) is 257 cm³/mol. The van der Waals surface area contributed by atoms with E-state index in [0.29, 0.717) is 17.5 Å². The second-order valence-electron chi connectivity index (χ2n) is 18.3. The van der Waals surface area contributed by atoms with Gasteiger partial charge in [0.1, 0.15) is 5.58 Å². The molecule has 7 nitrogen and oxygen atoms in total. The second kappa shape index (κ2) is 17.4. The molecule has 4 aromatic heterocycles. The summed E-state index contributed by atoms with van der Waals surface area (Å²) in [5.41, 5.74) is 11.7. The van der Waals surface area contributed by atoms with Gasteiger partial charge in [0.25, 0.3) is 5.97 Å². The number of hydrogen-bond acceptors (Lipinski definition) is 5. The fourth-order valence-corrected chi connectivity index (χ4v) is 8.66. The van der Waals surface area contributed by atoms with Crippen LogP contribution in [0.5, 0.6) is 0 Å². The molecule has 0 aliphatic carbocycles. The van der Waals surface area contributed by atoms with Gasteiger partial charge in [0.05, 0.1) is 28.1 Å². The predicted octanol–water partition coefficient (Wildman–Crippen LogP) is 14.6. The summed E-state index contributed by atoms with van der Waals surface area (Å²) < 4.78 is 23.0. The fourth-order valence-electron chi connectivity index (χ4n) is 8.66. The summed E-state index contributed by atoms with van der Waals surface area (Å²) >= 11 is 0. The van der Waals surface area contributed by atoms with Crippen molar-refractivity contribution in [2.75, 3.05) is 0 Å². The van der Waals surface area contributed by atoms with Crippen molar-refractivity contribution in [1.82, 2.24) is 19.5 Å². The number of rotatable bonds is 6. The van der Waals surface area contributed by atoms with Crippen molar-refractivity contribution >= 4 is 60.5 Å². The first kappa shape index (κ1) is 45.0. The molecule has 0 atom stereocenters. The smallest absolute Gasteiger partial charge is 0.292 e. The first-order chi connectivity index (χ1) is 30.6. The zero-order valence-corrected chi connectivity index (χ0v) is 40.3. The average molecular weight is 1040 g/mol. The minimum atomic E-state index is -1.18. The molecule has 65 heavy (non-hydrogen) atoms. The van der Waals surface area contributed by atoms with Crippen LogP contribution < -0.4 is 0 Å². The van der Waals surface area contributed by atoms with E-state index in [-0.39, 0.29) is 36.6 Å². The number of aromatic carboxylic acids is 1. The Labute approximate surface area is 391 Å². The van der Waals surface area contributed by atoms with Crippen molar-refractivity contribution in [1.29, 1.82) is 0 Å². The molecule has 10 rings (SSSR count). The van der Waals surface area contributed by atoms with Gasteiger partial charge < -0.3 is 19.1 Å². The number of halogens is 1. The molecule has 10 aromatic rings. The molecule has 0 bridgehead atoms. The first-order valence-corrected chi connectivity index (χ1v) is 21.7. The number of carbonyl (C=O) groups is 1. The van der Waals surface area contributed by atoms with Crippen molar-refractivity contribution < 1.29 is 38.8 Å². The number of benzene rings is 6. The van der Waals surface area contributed by atoms with Gasteiger partial charge in [-0.05, 0) is 111 Å². The largest absolute Gasteiger partial charge is 0.501 e. The van der Waals surface area contributed by atoms with Crippen LogP contribution in [0.25, 0.3) is 82.8 Å².